The summed E-state index contributed by atoms with van der Waals surface area (Å²) in [7, 11) is -1.18. The quantitative estimate of drug-likeness (QED) is 0.126. The van der Waals surface area contributed by atoms with Crippen LogP contribution in [0.2, 0.25) is 0 Å². The molecule has 0 aromatic heterocycles. The Hall–Kier alpha value is 3.97. The summed E-state index contributed by atoms with van der Waals surface area (Å²) >= 11 is 9.45. The van der Waals surface area contributed by atoms with Crippen molar-refractivity contribution >= 4 is 56.0 Å². The minimum absolute atomic E-state index is 0. The summed E-state index contributed by atoms with van der Waals surface area (Å²) in [5.41, 5.74) is -7.14. The number of rotatable bonds is 16. The van der Waals surface area contributed by atoms with Crippen LogP contribution in [0.5, 0.6) is 0 Å². The molecule has 4 unspecified atom stereocenters. The van der Waals surface area contributed by atoms with Crippen LogP contribution in [0.3, 0.4) is 0 Å². The first-order chi connectivity index (χ1) is 15.6. The maximum absolute atomic E-state index is 11.7. The van der Waals surface area contributed by atoms with Crippen LogP contribution in [0, 0.1) is 23.7 Å². The fraction of sp³-hybridized carbons (Fsp3) is 1.00. The van der Waals surface area contributed by atoms with Gasteiger partial charge in [0.15, 0.2) is 0 Å². The van der Waals surface area contributed by atoms with Gasteiger partial charge in [-0.05, 0) is 46.7 Å². The molecular formula is C24H52O4P2S4Zn3. The van der Waals surface area contributed by atoms with Gasteiger partial charge in [-0.25, -0.2) is 20.1 Å². The van der Waals surface area contributed by atoms with Gasteiger partial charge in [-0.2, -0.15) is 0 Å². The van der Waals surface area contributed by atoms with E-state index in [1.165, 1.54) is 0 Å². The molecule has 212 valence electrons. The van der Waals surface area contributed by atoms with Gasteiger partial charge in [-0.15, -0.1) is 0 Å². The first-order valence-electron chi connectivity index (χ1n) is 13.0. The van der Waals surface area contributed by atoms with Gasteiger partial charge in [0.1, 0.15) is 0 Å². The Kier molecular flexibility index (Phi) is 39.3. The van der Waals surface area contributed by atoms with Crippen molar-refractivity contribution in [3.63, 3.8) is 0 Å². The third-order valence-electron chi connectivity index (χ3n) is 5.67. The maximum Gasteiger partial charge on any atom is 2.00 e. The van der Waals surface area contributed by atoms with Gasteiger partial charge in [0.05, 0.1) is 0 Å². The molecule has 0 aromatic rings. The van der Waals surface area contributed by atoms with E-state index in [2.05, 4.69) is 55.4 Å². The average molecular weight is 791 g/mol. The Balaban J connectivity index is -0.000000171. The molecule has 0 saturated heterocycles. The van der Waals surface area contributed by atoms with Gasteiger partial charge < -0.3 is 55.5 Å². The number of hydrogen-bond acceptors (Lipinski definition) is 6. The van der Waals surface area contributed by atoms with Crippen LogP contribution in [0.25, 0.3) is 0 Å². The molecular weight excluding hydrogens is 739 g/mol. The molecule has 0 saturated carbocycles. The van der Waals surface area contributed by atoms with E-state index in [1.54, 1.807) is 0 Å². The zero-order valence-electron chi connectivity index (χ0n) is 25.1. The van der Waals surface area contributed by atoms with E-state index in [-0.39, 0.29) is 58.4 Å². The largest absolute Gasteiger partial charge is 2.00 e. The minimum atomic E-state index is -3.57. The second-order valence-electron chi connectivity index (χ2n) is 10.1. The first kappa shape index (κ1) is 50.6. The summed E-state index contributed by atoms with van der Waals surface area (Å²) in [6.07, 6.45) is 8.85. The summed E-state index contributed by atoms with van der Waals surface area (Å²) in [5.74, 6) is 4.98. The zero-order valence-corrected chi connectivity index (χ0v) is 39.0. The third kappa shape index (κ3) is 29.8. The van der Waals surface area contributed by atoms with Gasteiger partial charge >= 0.3 is 58.4 Å². The molecule has 0 aliphatic heterocycles. The predicted octanol–water partition coefficient (Wildman–Crippen LogP) is 4.84. The molecule has 0 radical (unpaired) electrons. The van der Waals surface area contributed by atoms with Crippen LogP contribution in [-0.2, 0) is 103 Å². The maximum atomic E-state index is 11.7. The van der Waals surface area contributed by atoms with Crippen molar-refractivity contribution in [2.24, 2.45) is 23.7 Å². The van der Waals surface area contributed by atoms with Crippen molar-refractivity contribution in [1.29, 1.82) is 0 Å². The van der Waals surface area contributed by atoms with Crippen LogP contribution in [0.4, 0.5) is 0 Å². The Bertz CT molecular complexity index is 547. The van der Waals surface area contributed by atoms with E-state index < -0.39 is 31.5 Å². The van der Waals surface area contributed by atoms with Crippen molar-refractivity contribution in [3.05, 3.63) is 0 Å². The molecule has 0 amide bonds. The summed E-state index contributed by atoms with van der Waals surface area (Å²) in [6, 6.07) is 0. The molecule has 0 heterocycles. The standard InChI is InChI=1S/2C12H26O2PS2.3Zn/c2*1-5-7-11(3)9-17(15(13,14)16)10-12(4)8-6-2;;;/h2*11-12H,5-10H2,1-4H3;;;/q2*-3;3*+2. The Labute approximate surface area is 284 Å². The van der Waals surface area contributed by atoms with Crippen LogP contribution >= 0.6 is 11.4 Å². The van der Waals surface area contributed by atoms with E-state index in [1.807, 2.05) is 0 Å². The van der Waals surface area contributed by atoms with E-state index >= 15 is 0 Å². The normalized spacial score (nSPS) is 16.4. The van der Waals surface area contributed by atoms with Crippen molar-refractivity contribution in [1.82, 2.24) is 0 Å². The van der Waals surface area contributed by atoms with Crippen molar-refractivity contribution in [2.45, 2.75) is 107 Å². The molecule has 0 N–H and O–H groups in total. The van der Waals surface area contributed by atoms with Crippen LogP contribution in [-0.4, -0.2) is 23.0 Å². The first-order valence-corrected chi connectivity index (χ1v) is 22.6. The summed E-state index contributed by atoms with van der Waals surface area (Å²) in [4.78, 5) is 46.7. The molecule has 0 aliphatic rings. The van der Waals surface area contributed by atoms with Crippen LogP contribution in [0.15, 0.2) is 0 Å². The van der Waals surface area contributed by atoms with Crippen molar-refractivity contribution in [3.8, 4) is 0 Å². The van der Waals surface area contributed by atoms with E-state index in [4.69, 9.17) is 24.5 Å². The van der Waals surface area contributed by atoms with Gasteiger partial charge in [-0.3, -0.25) is 0 Å². The summed E-state index contributed by atoms with van der Waals surface area (Å²) in [5, 5.41) is 0. The molecule has 0 spiro atoms. The molecule has 4 nitrogen and oxygen atoms in total. The SMILES string of the molecule is CCCC(C)CS(CC(C)CCC)=P([O-])([O-])[S-].CCCC(C)CS(CC(C)CCC)=P([O-])([O-])[S-].[Zn+2].[Zn+2].[Zn+2]. The molecule has 0 rings (SSSR count). The smallest absolute Gasteiger partial charge is 0.854 e. The average Bonchev–Trinajstić information content (AvgIpc) is 2.67. The summed E-state index contributed by atoms with van der Waals surface area (Å²) in [6.45, 7) is 17.1. The van der Waals surface area contributed by atoms with Crippen molar-refractivity contribution < 1.29 is 78.0 Å². The Morgan fingerprint density at radius 1 is 0.486 bits per heavy atom. The van der Waals surface area contributed by atoms with Crippen molar-refractivity contribution in [2.75, 3.05) is 23.0 Å². The van der Waals surface area contributed by atoms with Gasteiger partial charge in [-0.1, -0.05) is 107 Å². The monoisotopic (exact) mass is 786 g/mol. The molecule has 0 bridgehead atoms. The van der Waals surface area contributed by atoms with Gasteiger partial charge in [0.2, 0.25) is 0 Å². The van der Waals surface area contributed by atoms with Gasteiger partial charge in [0.25, 0.3) is 0 Å². The van der Waals surface area contributed by atoms with Crippen LogP contribution in [0.1, 0.15) is 107 Å². The number of hydrogen-bond donors (Lipinski definition) is 0. The molecule has 4 atom stereocenters. The Morgan fingerprint density at radius 3 is 0.757 bits per heavy atom. The predicted molar refractivity (Wildman–Crippen MR) is 159 cm³/mol. The molecule has 37 heavy (non-hydrogen) atoms. The fourth-order valence-corrected chi connectivity index (χ4v) is 15.9. The van der Waals surface area contributed by atoms with Crippen LogP contribution < -0.4 is 19.6 Å². The van der Waals surface area contributed by atoms with E-state index in [0.717, 1.165) is 74.4 Å². The second kappa shape index (κ2) is 28.7. The molecule has 13 heteroatoms. The zero-order chi connectivity index (χ0) is 26.9. The minimum Gasteiger partial charge on any atom is -0.854 e. The second-order valence-corrected chi connectivity index (χ2v) is 25.3. The van der Waals surface area contributed by atoms with Gasteiger partial charge in [0, 0.05) is 0 Å². The van der Waals surface area contributed by atoms with E-state index in [9.17, 15) is 19.6 Å². The topological polar surface area (TPSA) is 92.2 Å². The third-order valence-corrected chi connectivity index (χ3v) is 20.1. The van der Waals surface area contributed by atoms with E-state index in [0.29, 0.717) is 23.7 Å². The molecule has 0 fully saturated rings. The molecule has 0 aliphatic carbocycles. The molecule has 0 aromatic carbocycles. The fourth-order valence-electron chi connectivity index (χ4n) is 4.12. The Morgan fingerprint density at radius 2 is 0.649 bits per heavy atom. The summed E-state index contributed by atoms with van der Waals surface area (Å²) < 4.78 is 0.